The number of benzene rings is 1. The fourth-order valence-electron chi connectivity index (χ4n) is 3.49. The summed E-state index contributed by atoms with van der Waals surface area (Å²) in [6.45, 7) is 5.58. The van der Waals surface area contributed by atoms with Crippen molar-refractivity contribution in [3.63, 3.8) is 0 Å². The molecule has 10 heteroatoms. The number of hydrogen-bond donors (Lipinski definition) is 2. The zero-order chi connectivity index (χ0) is 24.1. The highest BCUT2D eigenvalue weighted by Crippen LogP contribution is 2.33. The van der Waals surface area contributed by atoms with Gasteiger partial charge in [-0.25, -0.2) is 28.1 Å². The van der Waals surface area contributed by atoms with Gasteiger partial charge >= 0.3 is 0 Å². The third-order valence-electron chi connectivity index (χ3n) is 5.38. The van der Waals surface area contributed by atoms with Crippen molar-refractivity contribution in [1.82, 2.24) is 24.2 Å². The molecular formula is C24H30N6O3S. The van der Waals surface area contributed by atoms with Crippen molar-refractivity contribution in [2.45, 2.75) is 38.1 Å². The molecule has 1 fully saturated rings. The number of ether oxygens (including phenoxy) is 1. The average molecular weight is 483 g/mol. The summed E-state index contributed by atoms with van der Waals surface area (Å²) in [6.07, 6.45) is 8.15. The van der Waals surface area contributed by atoms with Crippen molar-refractivity contribution in [3.05, 3.63) is 54.1 Å². The van der Waals surface area contributed by atoms with Crippen molar-refractivity contribution >= 4 is 27.7 Å². The number of methoxy groups -OCH3 is 1. The number of allylic oxidation sites excluding steroid dienone is 1. The second-order valence-corrected chi connectivity index (χ2v) is 10.3. The van der Waals surface area contributed by atoms with E-state index in [4.69, 9.17) is 9.72 Å². The number of nitrogens with one attached hydrogen (secondary N) is 2. The lowest BCUT2D eigenvalue weighted by atomic mass is 10.2. The minimum atomic E-state index is -3.58. The first-order valence-electron chi connectivity index (χ1n) is 11.3. The predicted octanol–water partition coefficient (Wildman–Crippen LogP) is 3.84. The first-order chi connectivity index (χ1) is 16.4. The standard InChI is InChI=1S/C24H30N6O3S/c1-17(2)14-23-26-15-22(30(23)16-18-4-5-18)21-10-11-25-24(29-21)28-19-6-8-20(9-7-19)34(31,32)27-12-13-33-3/h6-11,14-15,18,27H,4-5,12-13,16H2,1-3H3,(H,25,28,29). The van der Waals surface area contributed by atoms with Crippen molar-refractivity contribution in [2.75, 3.05) is 25.6 Å². The molecule has 0 bridgehead atoms. The van der Waals surface area contributed by atoms with Crippen molar-refractivity contribution in [1.29, 1.82) is 0 Å². The summed E-state index contributed by atoms with van der Waals surface area (Å²) in [7, 11) is -2.06. The summed E-state index contributed by atoms with van der Waals surface area (Å²) in [6, 6.07) is 8.32. The van der Waals surface area contributed by atoms with Gasteiger partial charge in [0, 0.05) is 32.1 Å². The van der Waals surface area contributed by atoms with Crippen molar-refractivity contribution < 1.29 is 13.2 Å². The van der Waals surface area contributed by atoms with Gasteiger partial charge < -0.3 is 14.6 Å². The predicted molar refractivity (Wildman–Crippen MR) is 132 cm³/mol. The van der Waals surface area contributed by atoms with Gasteiger partial charge in [-0.15, -0.1) is 0 Å². The third kappa shape index (κ3) is 6.07. The highest BCUT2D eigenvalue weighted by molar-refractivity contribution is 7.89. The normalized spacial score (nSPS) is 13.6. The van der Waals surface area contributed by atoms with E-state index in [-0.39, 0.29) is 11.4 Å². The van der Waals surface area contributed by atoms with Crippen LogP contribution in [-0.2, 0) is 21.3 Å². The van der Waals surface area contributed by atoms with Crippen LogP contribution in [0.1, 0.15) is 32.5 Å². The molecule has 1 saturated carbocycles. The topological polar surface area (TPSA) is 111 Å². The second kappa shape index (κ2) is 10.5. The molecule has 1 aliphatic rings. The van der Waals surface area contributed by atoms with Crippen LogP contribution in [-0.4, -0.2) is 48.2 Å². The summed E-state index contributed by atoms with van der Waals surface area (Å²) >= 11 is 0. The quantitative estimate of drug-likeness (QED) is 0.400. The minimum absolute atomic E-state index is 0.180. The van der Waals surface area contributed by atoms with E-state index in [0.717, 1.165) is 23.8 Å². The molecule has 9 nitrogen and oxygen atoms in total. The molecule has 4 rings (SSSR count). The maximum atomic E-state index is 12.3. The number of sulfonamides is 1. The van der Waals surface area contributed by atoms with Gasteiger partial charge in [0.25, 0.3) is 0 Å². The molecule has 2 aromatic heterocycles. The van der Waals surface area contributed by atoms with Gasteiger partial charge in [0.1, 0.15) is 5.82 Å². The molecule has 180 valence electrons. The van der Waals surface area contributed by atoms with E-state index in [2.05, 4.69) is 44.5 Å². The molecular weight excluding hydrogens is 452 g/mol. The summed E-state index contributed by atoms with van der Waals surface area (Å²) in [5.41, 5.74) is 3.61. The van der Waals surface area contributed by atoms with Crippen LogP contribution < -0.4 is 10.0 Å². The summed E-state index contributed by atoms with van der Waals surface area (Å²) in [5, 5.41) is 3.16. The van der Waals surface area contributed by atoms with E-state index >= 15 is 0 Å². The van der Waals surface area contributed by atoms with Crippen LogP contribution in [0.25, 0.3) is 17.5 Å². The van der Waals surface area contributed by atoms with Crippen LogP contribution in [0.3, 0.4) is 0 Å². The lowest BCUT2D eigenvalue weighted by Crippen LogP contribution is -2.27. The third-order valence-corrected chi connectivity index (χ3v) is 6.86. The van der Waals surface area contributed by atoms with Crippen LogP contribution in [0.2, 0.25) is 0 Å². The lowest BCUT2D eigenvalue weighted by molar-refractivity contribution is 0.204. The maximum Gasteiger partial charge on any atom is 0.240 e. The first-order valence-corrected chi connectivity index (χ1v) is 12.7. The SMILES string of the molecule is COCCNS(=O)(=O)c1ccc(Nc2nccc(-c3cnc(C=C(C)C)n3CC3CC3)n2)cc1. The highest BCUT2D eigenvalue weighted by atomic mass is 32.2. The number of anilines is 2. The minimum Gasteiger partial charge on any atom is -0.383 e. The average Bonchev–Trinajstić information content (AvgIpc) is 3.54. The summed E-state index contributed by atoms with van der Waals surface area (Å²) < 4.78 is 34.3. The molecule has 34 heavy (non-hydrogen) atoms. The fraction of sp³-hybridized carbons (Fsp3) is 0.375. The van der Waals surface area contributed by atoms with Crippen LogP contribution in [0.5, 0.6) is 0 Å². The van der Waals surface area contributed by atoms with Crippen molar-refractivity contribution in [3.8, 4) is 11.4 Å². The molecule has 2 N–H and O–H groups in total. The monoisotopic (exact) mass is 482 g/mol. The molecule has 0 spiro atoms. The van der Waals surface area contributed by atoms with Crippen LogP contribution >= 0.6 is 0 Å². The number of aromatic nitrogens is 4. The Bertz CT molecular complexity index is 1260. The van der Waals surface area contributed by atoms with E-state index in [1.54, 1.807) is 18.3 Å². The Morgan fingerprint density at radius 2 is 1.94 bits per heavy atom. The van der Waals surface area contributed by atoms with Gasteiger partial charge in [-0.3, -0.25) is 0 Å². The number of imidazole rings is 1. The molecule has 1 aromatic carbocycles. The lowest BCUT2D eigenvalue weighted by Gasteiger charge is -2.11. The molecule has 1 aliphatic carbocycles. The van der Waals surface area contributed by atoms with Crippen LogP contribution in [0.4, 0.5) is 11.6 Å². The Hall–Kier alpha value is -3.08. The fourth-order valence-corrected chi connectivity index (χ4v) is 4.50. The Labute approximate surface area is 200 Å². The zero-order valence-electron chi connectivity index (χ0n) is 19.7. The molecule has 0 radical (unpaired) electrons. The van der Waals surface area contributed by atoms with Crippen LogP contribution in [0.15, 0.2) is 53.2 Å². The first kappa shape index (κ1) is 24.1. The highest BCUT2D eigenvalue weighted by Gasteiger charge is 2.24. The second-order valence-electron chi connectivity index (χ2n) is 8.58. The van der Waals surface area contributed by atoms with E-state index in [1.165, 1.54) is 37.7 Å². The van der Waals surface area contributed by atoms with Gasteiger partial charge in [-0.2, -0.15) is 0 Å². The summed E-state index contributed by atoms with van der Waals surface area (Å²) in [5.74, 6) is 2.05. The zero-order valence-corrected chi connectivity index (χ0v) is 20.5. The number of nitrogens with zero attached hydrogens (tertiary/aromatic N) is 4. The van der Waals surface area contributed by atoms with E-state index in [9.17, 15) is 8.42 Å². The molecule has 0 aliphatic heterocycles. The molecule has 3 aromatic rings. The number of rotatable bonds is 11. The molecule has 0 atom stereocenters. The molecule has 0 amide bonds. The Morgan fingerprint density at radius 1 is 1.18 bits per heavy atom. The Morgan fingerprint density at radius 3 is 2.62 bits per heavy atom. The Kier molecular flexibility index (Phi) is 7.40. The smallest absolute Gasteiger partial charge is 0.240 e. The number of hydrogen-bond acceptors (Lipinski definition) is 7. The molecule has 2 heterocycles. The maximum absolute atomic E-state index is 12.3. The van der Waals surface area contributed by atoms with E-state index < -0.39 is 10.0 Å². The molecule has 0 saturated heterocycles. The van der Waals surface area contributed by atoms with Gasteiger partial charge in [-0.1, -0.05) is 5.57 Å². The van der Waals surface area contributed by atoms with Crippen molar-refractivity contribution in [2.24, 2.45) is 5.92 Å². The van der Waals surface area contributed by atoms with Gasteiger partial charge in [0.2, 0.25) is 16.0 Å². The van der Waals surface area contributed by atoms with E-state index in [0.29, 0.717) is 24.2 Å². The largest absolute Gasteiger partial charge is 0.383 e. The molecule has 0 unspecified atom stereocenters. The van der Waals surface area contributed by atoms with Gasteiger partial charge in [0.15, 0.2) is 0 Å². The van der Waals surface area contributed by atoms with E-state index in [1.807, 2.05) is 12.3 Å². The van der Waals surface area contributed by atoms with Crippen LogP contribution in [0, 0.1) is 5.92 Å². The summed E-state index contributed by atoms with van der Waals surface area (Å²) in [4.78, 5) is 13.8. The Balaban J connectivity index is 1.53. The van der Waals surface area contributed by atoms with Gasteiger partial charge in [0.05, 0.1) is 29.1 Å². The van der Waals surface area contributed by atoms with Gasteiger partial charge in [-0.05, 0) is 69.0 Å².